The van der Waals surface area contributed by atoms with Crippen LogP contribution in [0.25, 0.3) is 50.3 Å². The van der Waals surface area contributed by atoms with E-state index in [0.29, 0.717) is 5.82 Å². The summed E-state index contributed by atoms with van der Waals surface area (Å²) in [6.45, 7) is 9.73. The first-order chi connectivity index (χ1) is 19.2. The Kier molecular flexibility index (Phi) is 7.10. The van der Waals surface area contributed by atoms with Crippen molar-refractivity contribution in [3.63, 3.8) is 0 Å². The fourth-order valence-electron chi connectivity index (χ4n) is 5.26. The normalized spacial score (nSPS) is 15.0. The molecule has 1 fully saturated rings. The molecule has 0 amide bonds. The van der Waals surface area contributed by atoms with Gasteiger partial charge in [0.2, 0.25) is 0 Å². The van der Waals surface area contributed by atoms with Gasteiger partial charge in [0, 0.05) is 23.3 Å². The summed E-state index contributed by atoms with van der Waals surface area (Å²) in [4.78, 5) is 24.5. The van der Waals surface area contributed by atoms with Gasteiger partial charge < -0.3 is 9.88 Å². The smallest absolute Gasteiger partial charge is 0.159 e. The van der Waals surface area contributed by atoms with Gasteiger partial charge in [0.05, 0.1) is 34.8 Å². The molecule has 0 saturated carbocycles. The second kappa shape index (κ2) is 11.1. The van der Waals surface area contributed by atoms with Crippen molar-refractivity contribution in [1.29, 1.82) is 0 Å². The van der Waals surface area contributed by atoms with E-state index in [1.54, 1.807) is 18.6 Å². The number of imidazole rings is 1. The number of pyridine rings is 3. The lowest BCUT2D eigenvalue weighted by Crippen LogP contribution is -2.20. The maximum Gasteiger partial charge on any atom is 0.159 e. The maximum absolute atomic E-state index is 4.92. The average Bonchev–Trinajstić information content (AvgIpc) is 3.74. The first-order valence-corrected chi connectivity index (χ1v) is 13.5. The summed E-state index contributed by atoms with van der Waals surface area (Å²) in [6.07, 6.45) is 18.3. The van der Waals surface area contributed by atoms with Gasteiger partial charge in [-0.2, -0.15) is 5.10 Å². The van der Waals surface area contributed by atoms with E-state index in [9.17, 15) is 0 Å². The zero-order chi connectivity index (χ0) is 26.6. The maximum atomic E-state index is 4.92. The van der Waals surface area contributed by atoms with E-state index < -0.39 is 0 Å². The number of hydrogen-bond donors (Lipinski definition) is 2. The highest BCUT2D eigenvalue weighted by atomic mass is 15.1. The molecule has 196 valence electrons. The summed E-state index contributed by atoms with van der Waals surface area (Å²) in [6, 6.07) is 7.90. The molecule has 1 aliphatic rings. The van der Waals surface area contributed by atoms with Gasteiger partial charge in [-0.05, 0) is 87.7 Å². The van der Waals surface area contributed by atoms with E-state index in [0.717, 1.165) is 69.5 Å². The highest BCUT2D eigenvalue weighted by Crippen LogP contribution is 2.31. The quantitative estimate of drug-likeness (QED) is 0.222. The molecule has 0 bridgehead atoms. The summed E-state index contributed by atoms with van der Waals surface area (Å²) in [7, 11) is 0. The number of fused-ring (bicyclic) bond motifs is 2. The summed E-state index contributed by atoms with van der Waals surface area (Å²) in [5.74, 6) is 0.671. The van der Waals surface area contributed by atoms with Gasteiger partial charge in [-0.25, -0.2) is 4.98 Å². The van der Waals surface area contributed by atoms with Crippen LogP contribution in [0.2, 0.25) is 0 Å². The molecule has 5 aromatic rings. The second-order valence-electron chi connectivity index (χ2n) is 9.89. The van der Waals surface area contributed by atoms with Crippen LogP contribution in [0, 0.1) is 0 Å². The minimum atomic E-state index is 0.671. The Balaban J connectivity index is 1.30. The van der Waals surface area contributed by atoms with Crippen molar-refractivity contribution in [3.05, 3.63) is 85.1 Å². The molecule has 0 spiro atoms. The molecule has 6 heterocycles. The zero-order valence-electron chi connectivity index (χ0n) is 22.2. The van der Waals surface area contributed by atoms with E-state index in [1.807, 2.05) is 37.4 Å². The molecule has 0 aliphatic carbocycles. The molecular weight excluding hydrogens is 484 g/mol. The van der Waals surface area contributed by atoms with Gasteiger partial charge in [0.25, 0.3) is 0 Å². The van der Waals surface area contributed by atoms with Crippen LogP contribution < -0.4 is 0 Å². The predicted molar refractivity (Wildman–Crippen MR) is 157 cm³/mol. The fourth-order valence-corrected chi connectivity index (χ4v) is 5.26. The number of rotatable bonds is 9. The topological polar surface area (TPSA) is 99.3 Å². The largest absolute Gasteiger partial charge is 0.335 e. The van der Waals surface area contributed by atoms with Crippen molar-refractivity contribution in [1.82, 2.24) is 40.0 Å². The highest BCUT2D eigenvalue weighted by molar-refractivity contribution is 5.97. The summed E-state index contributed by atoms with van der Waals surface area (Å²) < 4.78 is 0. The standard InChI is InChI=1S/C31H32N8/c1-3-21(10-9-15-39-13-7-8-14-39)16-22(4-2)26-17-23-27(20-34-26)37-38-30(23)31-35-28-19-32-18-24(29(28)36-31)25-11-5-6-12-33-25/h3-6,11-12,16-20H,1,7-10,13-15H2,2H3,(H,35,36)(H,37,38)/b21-16+,22-4+. The molecule has 0 radical (unpaired) electrons. The number of hydrogen-bond acceptors (Lipinski definition) is 6. The highest BCUT2D eigenvalue weighted by Gasteiger charge is 2.17. The molecule has 5 aromatic heterocycles. The Bertz CT molecular complexity index is 1670. The van der Waals surface area contributed by atoms with Gasteiger partial charge in [-0.15, -0.1) is 0 Å². The molecule has 8 heteroatoms. The van der Waals surface area contributed by atoms with Crippen molar-refractivity contribution < 1.29 is 0 Å². The average molecular weight is 517 g/mol. The third-order valence-electron chi connectivity index (χ3n) is 7.35. The Morgan fingerprint density at radius 3 is 2.79 bits per heavy atom. The number of allylic oxidation sites excluding steroid dienone is 5. The lowest BCUT2D eigenvalue weighted by Gasteiger charge is -2.14. The van der Waals surface area contributed by atoms with Crippen molar-refractivity contribution in [2.24, 2.45) is 0 Å². The van der Waals surface area contributed by atoms with Crippen molar-refractivity contribution in [3.8, 4) is 22.8 Å². The Hall–Kier alpha value is -4.43. The Morgan fingerprint density at radius 1 is 1.10 bits per heavy atom. The van der Waals surface area contributed by atoms with Gasteiger partial charge in [-0.1, -0.05) is 24.8 Å². The number of H-pyrrole nitrogens is 2. The minimum Gasteiger partial charge on any atom is -0.335 e. The molecule has 1 aliphatic heterocycles. The van der Waals surface area contributed by atoms with Crippen molar-refractivity contribution in [2.45, 2.75) is 32.6 Å². The third-order valence-corrected chi connectivity index (χ3v) is 7.35. The number of aromatic nitrogens is 7. The number of aromatic amines is 2. The molecule has 8 nitrogen and oxygen atoms in total. The van der Waals surface area contributed by atoms with E-state index in [4.69, 9.17) is 9.97 Å². The monoisotopic (exact) mass is 516 g/mol. The van der Waals surface area contributed by atoms with Crippen LogP contribution in [0.4, 0.5) is 0 Å². The Morgan fingerprint density at radius 2 is 2.00 bits per heavy atom. The summed E-state index contributed by atoms with van der Waals surface area (Å²) >= 11 is 0. The van der Waals surface area contributed by atoms with Gasteiger partial charge >= 0.3 is 0 Å². The fraction of sp³-hybridized carbons (Fsp3) is 0.258. The molecule has 0 unspecified atom stereocenters. The van der Waals surface area contributed by atoms with E-state index >= 15 is 0 Å². The third kappa shape index (κ3) is 5.15. The van der Waals surface area contributed by atoms with E-state index in [1.165, 1.54) is 31.5 Å². The zero-order valence-corrected chi connectivity index (χ0v) is 22.2. The molecule has 39 heavy (non-hydrogen) atoms. The summed E-state index contributed by atoms with van der Waals surface area (Å²) in [5, 5.41) is 8.66. The van der Waals surface area contributed by atoms with Crippen LogP contribution in [0.3, 0.4) is 0 Å². The van der Waals surface area contributed by atoms with Crippen LogP contribution in [-0.4, -0.2) is 59.7 Å². The van der Waals surface area contributed by atoms with Crippen LogP contribution in [0.1, 0.15) is 38.3 Å². The molecular formula is C31H32N8. The first kappa shape index (κ1) is 24.9. The number of likely N-dealkylation sites (tertiary alicyclic amines) is 1. The van der Waals surface area contributed by atoms with Gasteiger partial charge in [0.15, 0.2) is 5.82 Å². The predicted octanol–water partition coefficient (Wildman–Crippen LogP) is 6.35. The van der Waals surface area contributed by atoms with Crippen molar-refractivity contribution >= 4 is 27.5 Å². The number of nitrogens with one attached hydrogen (secondary N) is 2. The minimum absolute atomic E-state index is 0.671. The first-order valence-electron chi connectivity index (χ1n) is 13.5. The van der Waals surface area contributed by atoms with Crippen LogP contribution >= 0.6 is 0 Å². The van der Waals surface area contributed by atoms with Crippen LogP contribution in [0.5, 0.6) is 0 Å². The molecule has 1 saturated heterocycles. The molecule has 2 N–H and O–H groups in total. The SMILES string of the molecule is C=C/C(=C\C(=C/C)c1cc2c(-c3nc4c(-c5ccccn5)cncc4[nH]3)n[nH]c2cn1)CCCN1CCCC1. The van der Waals surface area contributed by atoms with Crippen LogP contribution in [-0.2, 0) is 0 Å². The Labute approximate surface area is 227 Å². The molecule has 6 rings (SSSR count). The molecule has 0 aromatic carbocycles. The number of nitrogens with zero attached hydrogens (tertiary/aromatic N) is 6. The van der Waals surface area contributed by atoms with Gasteiger partial charge in [0.1, 0.15) is 11.2 Å². The molecule has 0 atom stereocenters. The van der Waals surface area contributed by atoms with Gasteiger partial charge in [-0.3, -0.25) is 20.1 Å². The van der Waals surface area contributed by atoms with Crippen LogP contribution in [0.15, 0.2) is 79.4 Å². The second-order valence-corrected chi connectivity index (χ2v) is 9.89. The van der Waals surface area contributed by atoms with Crippen molar-refractivity contribution in [2.75, 3.05) is 19.6 Å². The lowest BCUT2D eigenvalue weighted by atomic mass is 10.0. The lowest BCUT2D eigenvalue weighted by molar-refractivity contribution is 0.334. The van der Waals surface area contributed by atoms with E-state index in [-0.39, 0.29) is 0 Å². The van der Waals surface area contributed by atoms with E-state index in [2.05, 4.69) is 54.8 Å². The summed E-state index contributed by atoms with van der Waals surface area (Å²) in [5.41, 5.74) is 8.12.